The molecule has 96 valence electrons. The number of nitrogen functional groups attached to an aromatic ring is 1. The maximum Gasteiger partial charge on any atom is 0.295 e. The number of ether oxygens (including phenoxy) is 1. The molecule has 7 nitrogen and oxygen atoms in total. The van der Waals surface area contributed by atoms with Crippen molar-refractivity contribution in [3.8, 4) is 0 Å². The number of hydrogen-bond donors (Lipinski definition) is 3. The number of para-hydroxylation sites is 1. The molecule has 2 rings (SSSR count). The van der Waals surface area contributed by atoms with E-state index in [9.17, 15) is 4.79 Å². The standard InChI is InChI=1S/C11H14N4O3/c12-7-2-1-3-8-10(7)15-11(18-8)14-4-5-17-6-9(13)16/h1-3H,4-6,12H2,(H2,13,16)(H,14,15). The van der Waals surface area contributed by atoms with Gasteiger partial charge in [-0.05, 0) is 12.1 Å². The molecular formula is C11H14N4O3. The molecular weight excluding hydrogens is 236 g/mol. The maximum absolute atomic E-state index is 10.4. The Morgan fingerprint density at radius 1 is 1.50 bits per heavy atom. The molecule has 0 atom stereocenters. The normalized spacial score (nSPS) is 10.7. The third-order valence-electron chi connectivity index (χ3n) is 2.22. The SMILES string of the molecule is NC(=O)COCCNc1nc2c(N)cccc2o1. The zero-order valence-corrected chi connectivity index (χ0v) is 9.68. The van der Waals surface area contributed by atoms with E-state index >= 15 is 0 Å². The smallest absolute Gasteiger partial charge is 0.295 e. The van der Waals surface area contributed by atoms with E-state index < -0.39 is 5.91 Å². The number of benzene rings is 1. The Labute approximate surface area is 103 Å². The zero-order chi connectivity index (χ0) is 13.0. The number of nitrogens with one attached hydrogen (secondary N) is 1. The molecule has 0 radical (unpaired) electrons. The highest BCUT2D eigenvalue weighted by atomic mass is 16.5. The highest BCUT2D eigenvalue weighted by Crippen LogP contribution is 2.23. The quantitative estimate of drug-likeness (QED) is 0.502. The fraction of sp³-hybridized carbons (Fsp3) is 0.273. The Hall–Kier alpha value is -2.28. The van der Waals surface area contributed by atoms with Gasteiger partial charge in [-0.1, -0.05) is 6.07 Å². The Kier molecular flexibility index (Phi) is 3.63. The van der Waals surface area contributed by atoms with Crippen LogP contribution in [-0.2, 0) is 9.53 Å². The largest absolute Gasteiger partial charge is 0.423 e. The summed E-state index contributed by atoms with van der Waals surface area (Å²) >= 11 is 0. The number of carbonyl (C=O) groups excluding carboxylic acids is 1. The van der Waals surface area contributed by atoms with Crippen LogP contribution in [0.3, 0.4) is 0 Å². The van der Waals surface area contributed by atoms with Crippen molar-refractivity contribution in [2.45, 2.75) is 0 Å². The van der Waals surface area contributed by atoms with Gasteiger partial charge < -0.3 is 25.9 Å². The molecule has 2 aromatic rings. The van der Waals surface area contributed by atoms with Crippen molar-refractivity contribution in [3.05, 3.63) is 18.2 Å². The van der Waals surface area contributed by atoms with Crippen molar-refractivity contribution in [3.63, 3.8) is 0 Å². The average molecular weight is 250 g/mol. The number of anilines is 2. The van der Waals surface area contributed by atoms with Crippen LogP contribution in [0.2, 0.25) is 0 Å². The van der Waals surface area contributed by atoms with E-state index in [1.165, 1.54) is 0 Å². The predicted octanol–water partition coefficient (Wildman–Crippen LogP) is 0.324. The highest BCUT2D eigenvalue weighted by Gasteiger charge is 2.07. The van der Waals surface area contributed by atoms with Gasteiger partial charge in [0.15, 0.2) is 5.58 Å². The van der Waals surface area contributed by atoms with Crippen LogP contribution >= 0.6 is 0 Å². The molecule has 1 amide bonds. The molecule has 0 unspecified atom stereocenters. The fourth-order valence-electron chi connectivity index (χ4n) is 1.45. The minimum atomic E-state index is -0.496. The Morgan fingerprint density at radius 3 is 3.06 bits per heavy atom. The van der Waals surface area contributed by atoms with Crippen LogP contribution < -0.4 is 16.8 Å². The molecule has 1 aromatic heterocycles. The minimum absolute atomic E-state index is 0.0951. The van der Waals surface area contributed by atoms with Gasteiger partial charge in [-0.3, -0.25) is 4.79 Å². The first kappa shape index (κ1) is 12.2. The van der Waals surface area contributed by atoms with Crippen LogP contribution in [-0.4, -0.2) is 30.6 Å². The first-order chi connectivity index (χ1) is 8.66. The van der Waals surface area contributed by atoms with Gasteiger partial charge in [-0.25, -0.2) is 0 Å². The van der Waals surface area contributed by atoms with Gasteiger partial charge >= 0.3 is 0 Å². The summed E-state index contributed by atoms with van der Waals surface area (Å²) in [6, 6.07) is 5.70. The van der Waals surface area contributed by atoms with Gasteiger partial charge in [0.25, 0.3) is 6.01 Å². The molecule has 18 heavy (non-hydrogen) atoms. The molecule has 0 bridgehead atoms. The fourth-order valence-corrected chi connectivity index (χ4v) is 1.45. The number of rotatable bonds is 6. The first-order valence-electron chi connectivity index (χ1n) is 5.42. The Balaban J connectivity index is 1.88. The lowest BCUT2D eigenvalue weighted by Gasteiger charge is -2.01. The number of fused-ring (bicyclic) bond motifs is 1. The number of nitrogens with zero attached hydrogens (tertiary/aromatic N) is 1. The number of oxazole rings is 1. The van der Waals surface area contributed by atoms with Crippen LogP contribution in [0, 0.1) is 0 Å². The van der Waals surface area contributed by atoms with Crippen LogP contribution in [0.4, 0.5) is 11.7 Å². The molecule has 0 saturated heterocycles. The van der Waals surface area contributed by atoms with E-state index in [4.69, 9.17) is 20.6 Å². The number of nitrogens with two attached hydrogens (primary N) is 2. The molecule has 0 spiro atoms. The molecule has 1 aromatic carbocycles. The summed E-state index contributed by atoms with van der Waals surface area (Å²) in [7, 11) is 0. The summed E-state index contributed by atoms with van der Waals surface area (Å²) in [6.45, 7) is 0.694. The molecule has 0 fully saturated rings. The molecule has 0 aliphatic carbocycles. The second kappa shape index (κ2) is 5.37. The Morgan fingerprint density at radius 2 is 2.33 bits per heavy atom. The van der Waals surface area contributed by atoms with Crippen LogP contribution in [0.1, 0.15) is 0 Å². The van der Waals surface area contributed by atoms with Crippen molar-refractivity contribution in [2.75, 3.05) is 30.8 Å². The third kappa shape index (κ3) is 2.89. The van der Waals surface area contributed by atoms with E-state index in [-0.39, 0.29) is 6.61 Å². The van der Waals surface area contributed by atoms with Crippen LogP contribution in [0.25, 0.3) is 11.1 Å². The van der Waals surface area contributed by atoms with E-state index in [2.05, 4.69) is 10.3 Å². The van der Waals surface area contributed by atoms with Crippen molar-refractivity contribution < 1.29 is 13.9 Å². The predicted molar refractivity (Wildman–Crippen MR) is 66.9 cm³/mol. The van der Waals surface area contributed by atoms with Crippen molar-refractivity contribution in [1.82, 2.24) is 4.98 Å². The van der Waals surface area contributed by atoms with Crippen molar-refractivity contribution in [1.29, 1.82) is 0 Å². The molecule has 1 heterocycles. The number of carbonyl (C=O) groups is 1. The third-order valence-corrected chi connectivity index (χ3v) is 2.22. The summed E-state index contributed by atoms with van der Waals surface area (Å²) in [6.07, 6.45) is 0. The van der Waals surface area contributed by atoms with Crippen LogP contribution in [0.15, 0.2) is 22.6 Å². The van der Waals surface area contributed by atoms with Crippen LogP contribution in [0.5, 0.6) is 0 Å². The molecule has 0 aliphatic rings. The van der Waals surface area contributed by atoms with Gasteiger partial charge in [0.2, 0.25) is 5.91 Å². The maximum atomic E-state index is 10.4. The lowest BCUT2D eigenvalue weighted by molar-refractivity contribution is -0.122. The minimum Gasteiger partial charge on any atom is -0.423 e. The number of aromatic nitrogens is 1. The van der Waals surface area contributed by atoms with Gasteiger partial charge in [-0.2, -0.15) is 4.98 Å². The van der Waals surface area contributed by atoms with E-state index in [0.717, 1.165) is 0 Å². The summed E-state index contributed by atoms with van der Waals surface area (Å²) in [5.74, 6) is -0.496. The van der Waals surface area contributed by atoms with Crippen molar-refractivity contribution >= 4 is 28.7 Å². The van der Waals surface area contributed by atoms with E-state index in [1.54, 1.807) is 18.2 Å². The Bertz CT molecular complexity index is 552. The summed E-state index contributed by atoms with van der Waals surface area (Å²) in [5, 5.41) is 2.92. The monoisotopic (exact) mass is 250 g/mol. The van der Waals surface area contributed by atoms with E-state index in [0.29, 0.717) is 36.0 Å². The molecule has 0 saturated carbocycles. The van der Waals surface area contributed by atoms with Gasteiger partial charge in [0, 0.05) is 6.54 Å². The van der Waals surface area contributed by atoms with Gasteiger partial charge in [0.05, 0.1) is 12.3 Å². The molecule has 0 aliphatic heterocycles. The van der Waals surface area contributed by atoms with Crippen molar-refractivity contribution in [2.24, 2.45) is 5.73 Å². The van der Waals surface area contributed by atoms with E-state index in [1.807, 2.05) is 0 Å². The lowest BCUT2D eigenvalue weighted by atomic mass is 10.3. The summed E-state index contributed by atoms with van der Waals surface area (Å²) in [4.78, 5) is 14.6. The van der Waals surface area contributed by atoms with Gasteiger partial charge in [-0.15, -0.1) is 0 Å². The second-order valence-electron chi connectivity index (χ2n) is 3.66. The first-order valence-corrected chi connectivity index (χ1v) is 5.42. The lowest BCUT2D eigenvalue weighted by Crippen LogP contribution is -2.20. The highest BCUT2D eigenvalue weighted by molar-refractivity contribution is 5.86. The van der Waals surface area contributed by atoms with Gasteiger partial charge in [0.1, 0.15) is 12.1 Å². The molecule has 5 N–H and O–H groups in total. The topological polar surface area (TPSA) is 116 Å². The number of hydrogen-bond acceptors (Lipinski definition) is 6. The number of amides is 1. The summed E-state index contributed by atoms with van der Waals surface area (Å²) < 4.78 is 10.4. The average Bonchev–Trinajstić information content (AvgIpc) is 2.72. The number of primary amides is 1. The second-order valence-corrected chi connectivity index (χ2v) is 3.66. The molecule has 7 heteroatoms. The summed E-state index contributed by atoms with van der Waals surface area (Å²) in [5.41, 5.74) is 12.5. The zero-order valence-electron chi connectivity index (χ0n) is 9.68.